The third kappa shape index (κ3) is 1.68. The molecule has 2 aliphatic carbocycles. The summed E-state index contributed by atoms with van der Waals surface area (Å²) in [6.45, 7) is 6.78. The zero-order chi connectivity index (χ0) is 13.8. The molecular formula is C17H21BrO. The highest BCUT2D eigenvalue weighted by Gasteiger charge is 2.65. The molecule has 3 rings (SSSR count). The molecule has 0 heterocycles. The van der Waals surface area contributed by atoms with Crippen LogP contribution in [0.1, 0.15) is 39.2 Å². The van der Waals surface area contributed by atoms with E-state index in [4.69, 9.17) is 0 Å². The van der Waals surface area contributed by atoms with Crippen LogP contribution < -0.4 is 0 Å². The summed E-state index contributed by atoms with van der Waals surface area (Å²) in [4.78, 5) is 12.8. The molecule has 102 valence electrons. The third-order valence-corrected chi connectivity index (χ3v) is 6.84. The zero-order valence-electron chi connectivity index (χ0n) is 11.9. The van der Waals surface area contributed by atoms with Crippen molar-refractivity contribution in [3.8, 4) is 0 Å². The van der Waals surface area contributed by atoms with Crippen LogP contribution >= 0.6 is 15.9 Å². The van der Waals surface area contributed by atoms with E-state index in [1.807, 2.05) is 6.07 Å². The number of fused-ring (bicyclic) bond motifs is 2. The van der Waals surface area contributed by atoms with Crippen molar-refractivity contribution >= 4 is 21.7 Å². The molecule has 1 aromatic carbocycles. The van der Waals surface area contributed by atoms with Crippen LogP contribution in [-0.2, 0) is 11.2 Å². The summed E-state index contributed by atoms with van der Waals surface area (Å²) in [6.07, 6.45) is 3.18. The number of halogens is 1. The molecule has 0 radical (unpaired) electrons. The van der Waals surface area contributed by atoms with Gasteiger partial charge in [0.15, 0.2) is 0 Å². The zero-order valence-corrected chi connectivity index (χ0v) is 13.5. The molecule has 0 aliphatic heterocycles. The Kier molecular flexibility index (Phi) is 2.94. The molecule has 2 fully saturated rings. The second-order valence-electron chi connectivity index (χ2n) is 6.97. The maximum absolute atomic E-state index is 12.8. The molecule has 2 aliphatic rings. The van der Waals surface area contributed by atoms with Gasteiger partial charge in [0, 0.05) is 15.8 Å². The van der Waals surface area contributed by atoms with E-state index in [9.17, 15) is 4.79 Å². The van der Waals surface area contributed by atoms with E-state index in [-0.39, 0.29) is 16.7 Å². The quantitative estimate of drug-likeness (QED) is 0.776. The van der Waals surface area contributed by atoms with Crippen LogP contribution in [-0.4, -0.2) is 5.78 Å². The molecule has 0 unspecified atom stereocenters. The van der Waals surface area contributed by atoms with Gasteiger partial charge in [0.05, 0.1) is 0 Å². The number of hydrogen-bond donors (Lipinski definition) is 0. The van der Waals surface area contributed by atoms with Gasteiger partial charge >= 0.3 is 0 Å². The molecule has 2 heteroatoms. The highest BCUT2D eigenvalue weighted by Crippen LogP contribution is 2.66. The van der Waals surface area contributed by atoms with E-state index in [2.05, 4.69) is 54.9 Å². The van der Waals surface area contributed by atoms with Gasteiger partial charge in [0.1, 0.15) is 5.78 Å². The first-order valence-corrected chi connectivity index (χ1v) is 7.95. The molecule has 0 aromatic heterocycles. The Labute approximate surface area is 123 Å². The molecule has 3 atom stereocenters. The lowest BCUT2D eigenvalue weighted by Crippen LogP contribution is -2.33. The van der Waals surface area contributed by atoms with Gasteiger partial charge in [-0.15, -0.1) is 0 Å². The first-order chi connectivity index (χ1) is 8.88. The summed E-state index contributed by atoms with van der Waals surface area (Å²) in [7, 11) is 0. The lowest BCUT2D eigenvalue weighted by molar-refractivity contribution is -0.131. The molecule has 2 bridgehead atoms. The van der Waals surface area contributed by atoms with Crippen LogP contribution in [0.25, 0.3) is 0 Å². The standard InChI is InChI=1S/C17H21BrO/c1-16(2)13-8-9-17(16,3)15(19)12(13)10-11-6-4-5-7-14(11)18/h4-7,12-13H,8-10H2,1-3H3/t12-,13+,17-/m0/s1. The Morgan fingerprint density at radius 3 is 2.53 bits per heavy atom. The predicted octanol–water partition coefficient (Wildman–Crippen LogP) is 4.63. The Morgan fingerprint density at radius 1 is 1.26 bits per heavy atom. The van der Waals surface area contributed by atoms with E-state index in [0.717, 1.165) is 17.3 Å². The molecule has 1 aromatic rings. The summed E-state index contributed by atoms with van der Waals surface area (Å²) < 4.78 is 1.13. The number of Topliss-reactive ketones (excluding diaryl/α,β-unsaturated/α-hetero) is 1. The third-order valence-electron chi connectivity index (χ3n) is 6.07. The molecule has 2 saturated carbocycles. The largest absolute Gasteiger partial charge is 0.299 e. The monoisotopic (exact) mass is 320 g/mol. The van der Waals surface area contributed by atoms with Gasteiger partial charge in [-0.05, 0) is 42.2 Å². The maximum Gasteiger partial charge on any atom is 0.142 e. The van der Waals surface area contributed by atoms with Gasteiger partial charge in [-0.3, -0.25) is 4.79 Å². The average molecular weight is 321 g/mol. The van der Waals surface area contributed by atoms with Crippen molar-refractivity contribution in [1.29, 1.82) is 0 Å². The van der Waals surface area contributed by atoms with Crippen molar-refractivity contribution in [1.82, 2.24) is 0 Å². The van der Waals surface area contributed by atoms with E-state index in [0.29, 0.717) is 11.7 Å². The van der Waals surface area contributed by atoms with Crippen molar-refractivity contribution in [3.63, 3.8) is 0 Å². The summed E-state index contributed by atoms with van der Waals surface area (Å²) in [5.41, 5.74) is 1.34. The van der Waals surface area contributed by atoms with E-state index >= 15 is 0 Å². The van der Waals surface area contributed by atoms with Crippen LogP contribution in [0.3, 0.4) is 0 Å². The summed E-state index contributed by atoms with van der Waals surface area (Å²) in [5, 5.41) is 0. The first kappa shape index (κ1) is 13.4. The summed E-state index contributed by atoms with van der Waals surface area (Å²) >= 11 is 3.61. The number of benzene rings is 1. The van der Waals surface area contributed by atoms with Crippen molar-refractivity contribution < 1.29 is 4.79 Å². The molecular weight excluding hydrogens is 300 g/mol. The van der Waals surface area contributed by atoms with Crippen LogP contribution in [0.15, 0.2) is 28.7 Å². The van der Waals surface area contributed by atoms with Gasteiger partial charge in [-0.25, -0.2) is 0 Å². The molecule has 0 saturated heterocycles. The molecule has 0 spiro atoms. The van der Waals surface area contributed by atoms with E-state index < -0.39 is 0 Å². The van der Waals surface area contributed by atoms with E-state index in [1.54, 1.807) is 0 Å². The average Bonchev–Trinajstić information content (AvgIpc) is 2.66. The molecule has 0 amide bonds. The van der Waals surface area contributed by atoms with Gasteiger partial charge in [0.2, 0.25) is 0 Å². The Balaban J connectivity index is 1.93. The number of hydrogen-bond acceptors (Lipinski definition) is 1. The van der Waals surface area contributed by atoms with Crippen molar-refractivity contribution in [2.24, 2.45) is 22.7 Å². The fourth-order valence-electron chi connectivity index (χ4n) is 4.41. The van der Waals surface area contributed by atoms with Crippen LogP contribution in [0, 0.1) is 22.7 Å². The molecule has 0 N–H and O–H groups in total. The smallest absolute Gasteiger partial charge is 0.142 e. The van der Waals surface area contributed by atoms with Crippen LogP contribution in [0.5, 0.6) is 0 Å². The predicted molar refractivity (Wildman–Crippen MR) is 81.0 cm³/mol. The Bertz CT molecular complexity index is 534. The minimum absolute atomic E-state index is 0.0937. The summed E-state index contributed by atoms with van der Waals surface area (Å²) in [6, 6.07) is 8.30. The maximum atomic E-state index is 12.8. The lowest BCUT2D eigenvalue weighted by atomic mass is 9.70. The molecule has 1 nitrogen and oxygen atoms in total. The van der Waals surface area contributed by atoms with Gasteiger partial charge in [0.25, 0.3) is 0 Å². The summed E-state index contributed by atoms with van der Waals surface area (Å²) in [5.74, 6) is 1.27. The van der Waals surface area contributed by atoms with Crippen LogP contribution in [0.4, 0.5) is 0 Å². The highest BCUT2D eigenvalue weighted by atomic mass is 79.9. The Hall–Kier alpha value is -0.630. The number of ketones is 1. The normalized spacial score (nSPS) is 35.9. The van der Waals surface area contributed by atoms with Crippen LogP contribution in [0.2, 0.25) is 0 Å². The second kappa shape index (κ2) is 4.18. The van der Waals surface area contributed by atoms with E-state index in [1.165, 1.54) is 12.0 Å². The SMILES string of the molecule is CC1(C)[C@@H]2CC[C@@]1(C)C(=O)[C@H]2Cc1ccccc1Br. The fraction of sp³-hybridized carbons (Fsp3) is 0.588. The van der Waals surface area contributed by atoms with Gasteiger partial charge in [-0.1, -0.05) is 54.9 Å². The van der Waals surface area contributed by atoms with Crippen molar-refractivity contribution in [2.75, 3.05) is 0 Å². The van der Waals surface area contributed by atoms with Gasteiger partial charge < -0.3 is 0 Å². The topological polar surface area (TPSA) is 17.1 Å². The number of carbonyl (C=O) groups is 1. The minimum atomic E-state index is -0.0937. The second-order valence-corrected chi connectivity index (χ2v) is 7.82. The highest BCUT2D eigenvalue weighted by molar-refractivity contribution is 9.10. The van der Waals surface area contributed by atoms with Crippen molar-refractivity contribution in [3.05, 3.63) is 34.3 Å². The Morgan fingerprint density at radius 2 is 1.95 bits per heavy atom. The number of carbonyl (C=O) groups excluding carboxylic acids is 1. The first-order valence-electron chi connectivity index (χ1n) is 7.15. The lowest BCUT2D eigenvalue weighted by Gasteiger charge is -2.32. The number of rotatable bonds is 2. The van der Waals surface area contributed by atoms with Crippen molar-refractivity contribution in [2.45, 2.75) is 40.0 Å². The van der Waals surface area contributed by atoms with Gasteiger partial charge in [-0.2, -0.15) is 0 Å². The molecule has 19 heavy (non-hydrogen) atoms. The fourth-order valence-corrected chi connectivity index (χ4v) is 4.86. The minimum Gasteiger partial charge on any atom is -0.299 e.